The molecule has 130 valence electrons. The van der Waals surface area contributed by atoms with E-state index in [1.165, 1.54) is 4.31 Å². The number of nitrogens with zero attached hydrogens (tertiary/aromatic N) is 2. The smallest absolute Gasteiger partial charge is 0.326 e. The van der Waals surface area contributed by atoms with E-state index in [9.17, 15) is 13.2 Å². The van der Waals surface area contributed by atoms with Crippen molar-refractivity contribution < 1.29 is 13.2 Å². The van der Waals surface area contributed by atoms with Crippen molar-refractivity contribution >= 4 is 27.5 Å². The van der Waals surface area contributed by atoms with Crippen LogP contribution in [0.4, 0.5) is 11.4 Å². The molecule has 1 aromatic carbocycles. The van der Waals surface area contributed by atoms with Crippen LogP contribution in [0.1, 0.15) is 38.5 Å². The number of fused-ring (bicyclic) bond motifs is 1. The second-order valence-corrected chi connectivity index (χ2v) is 8.60. The lowest BCUT2D eigenvalue weighted by molar-refractivity contribution is -0.124. The Labute approximate surface area is 143 Å². The van der Waals surface area contributed by atoms with Crippen LogP contribution in [0.25, 0.3) is 0 Å². The molecule has 1 N–H and O–H groups in total. The van der Waals surface area contributed by atoms with Gasteiger partial charge in [-0.15, -0.1) is 0 Å². The Balaban J connectivity index is 1.47. The lowest BCUT2D eigenvalue weighted by Gasteiger charge is -2.22. The number of carbonyl (C=O) groups excluding carboxylic acids is 1. The van der Waals surface area contributed by atoms with Gasteiger partial charge >= 0.3 is 10.2 Å². The van der Waals surface area contributed by atoms with Crippen molar-refractivity contribution in [1.82, 2.24) is 5.32 Å². The molecule has 6 nitrogen and oxygen atoms in total. The highest BCUT2D eigenvalue weighted by Gasteiger charge is 2.47. The minimum Gasteiger partial charge on any atom is -0.354 e. The Morgan fingerprint density at radius 3 is 2.42 bits per heavy atom. The van der Waals surface area contributed by atoms with Crippen LogP contribution in [0.15, 0.2) is 24.3 Å². The van der Waals surface area contributed by atoms with Crippen LogP contribution in [0.5, 0.6) is 0 Å². The summed E-state index contributed by atoms with van der Waals surface area (Å²) in [4.78, 5) is 12.1. The van der Waals surface area contributed by atoms with Crippen molar-refractivity contribution in [2.24, 2.45) is 5.92 Å². The molecule has 1 heterocycles. The van der Waals surface area contributed by atoms with Crippen LogP contribution in [0.3, 0.4) is 0 Å². The predicted molar refractivity (Wildman–Crippen MR) is 93.2 cm³/mol. The van der Waals surface area contributed by atoms with E-state index in [0.717, 1.165) is 49.9 Å². The summed E-state index contributed by atoms with van der Waals surface area (Å²) in [6, 6.07) is 7.52. The summed E-state index contributed by atoms with van der Waals surface area (Å²) in [5.41, 5.74) is 1.49. The van der Waals surface area contributed by atoms with Gasteiger partial charge in [0.1, 0.15) is 0 Å². The molecule has 7 heteroatoms. The standard InChI is InChI=1S/C17H23N3O3S/c21-17(13-5-1-2-6-13)18-11-12-19-15-7-3-4-8-16(15)20(14-9-10-14)24(19,22)23/h3-4,7-8,13-14H,1-2,5-6,9-12H2,(H,18,21). The van der Waals surface area contributed by atoms with Crippen molar-refractivity contribution in [3.63, 3.8) is 0 Å². The van der Waals surface area contributed by atoms with Gasteiger partial charge < -0.3 is 5.32 Å². The first-order chi connectivity index (χ1) is 11.6. The monoisotopic (exact) mass is 349 g/mol. The third-order valence-electron chi connectivity index (χ3n) is 5.13. The number of rotatable bonds is 5. The average molecular weight is 349 g/mol. The van der Waals surface area contributed by atoms with Crippen molar-refractivity contribution in [3.05, 3.63) is 24.3 Å². The summed E-state index contributed by atoms with van der Waals surface area (Å²) in [5, 5.41) is 2.92. The maximum Gasteiger partial charge on any atom is 0.326 e. The van der Waals surface area contributed by atoms with E-state index in [-0.39, 0.29) is 24.4 Å². The Hall–Kier alpha value is -1.76. The van der Waals surface area contributed by atoms with E-state index >= 15 is 0 Å². The number of benzene rings is 1. The van der Waals surface area contributed by atoms with Crippen LogP contribution < -0.4 is 13.9 Å². The van der Waals surface area contributed by atoms with Gasteiger partial charge in [-0.25, -0.2) is 8.61 Å². The van der Waals surface area contributed by atoms with Crippen LogP contribution in [-0.2, 0) is 15.0 Å². The van der Waals surface area contributed by atoms with Crippen LogP contribution >= 0.6 is 0 Å². The normalized spacial score (nSPS) is 22.7. The number of hydrogen-bond donors (Lipinski definition) is 1. The van der Waals surface area contributed by atoms with E-state index in [1.54, 1.807) is 4.31 Å². The van der Waals surface area contributed by atoms with Gasteiger partial charge in [0.15, 0.2) is 0 Å². The van der Waals surface area contributed by atoms with Gasteiger partial charge in [-0.3, -0.25) is 4.79 Å². The zero-order chi connectivity index (χ0) is 16.7. The van der Waals surface area contributed by atoms with Crippen molar-refractivity contribution in [3.8, 4) is 0 Å². The molecule has 1 aromatic rings. The van der Waals surface area contributed by atoms with E-state index in [2.05, 4.69) is 5.32 Å². The Morgan fingerprint density at radius 1 is 1.08 bits per heavy atom. The van der Waals surface area contributed by atoms with Gasteiger partial charge in [-0.05, 0) is 37.8 Å². The van der Waals surface area contributed by atoms with Crippen LogP contribution in [0.2, 0.25) is 0 Å². The van der Waals surface area contributed by atoms with Crippen molar-refractivity contribution in [2.45, 2.75) is 44.6 Å². The SMILES string of the molecule is O=C(NCCN1c2ccccc2N(C2CC2)S1(=O)=O)C1CCCC1. The Bertz CT molecular complexity index is 739. The molecule has 0 spiro atoms. The fourth-order valence-corrected chi connectivity index (χ4v) is 5.69. The second-order valence-electron chi connectivity index (χ2n) is 6.87. The molecule has 0 saturated heterocycles. The summed E-state index contributed by atoms with van der Waals surface area (Å²) in [5.74, 6) is 0.173. The summed E-state index contributed by atoms with van der Waals surface area (Å²) < 4.78 is 28.8. The first kappa shape index (κ1) is 15.7. The Kier molecular flexibility index (Phi) is 3.90. The molecule has 1 amide bonds. The summed E-state index contributed by atoms with van der Waals surface area (Å²) in [7, 11) is -3.53. The average Bonchev–Trinajstić information content (AvgIpc) is 3.16. The number of hydrogen-bond acceptors (Lipinski definition) is 3. The fraction of sp³-hybridized carbons (Fsp3) is 0.588. The molecule has 2 saturated carbocycles. The maximum atomic E-state index is 12.9. The second kappa shape index (κ2) is 5.95. The number of nitrogens with one attached hydrogen (secondary N) is 1. The number of carbonyl (C=O) groups is 1. The van der Waals surface area contributed by atoms with Gasteiger partial charge in [0, 0.05) is 18.5 Å². The highest BCUT2D eigenvalue weighted by Crippen LogP contribution is 2.46. The van der Waals surface area contributed by atoms with Crippen molar-refractivity contribution in [2.75, 3.05) is 21.7 Å². The molecule has 2 fully saturated rings. The minimum absolute atomic E-state index is 0.0661. The quantitative estimate of drug-likeness (QED) is 0.884. The molecular formula is C17H23N3O3S. The molecule has 0 unspecified atom stereocenters. The number of para-hydroxylation sites is 2. The fourth-order valence-electron chi connectivity index (χ4n) is 3.76. The minimum atomic E-state index is -3.53. The zero-order valence-corrected chi connectivity index (χ0v) is 14.5. The van der Waals surface area contributed by atoms with E-state index in [1.807, 2.05) is 24.3 Å². The molecule has 0 atom stereocenters. The van der Waals surface area contributed by atoms with E-state index in [4.69, 9.17) is 0 Å². The van der Waals surface area contributed by atoms with Gasteiger partial charge in [0.2, 0.25) is 5.91 Å². The molecule has 0 aromatic heterocycles. The largest absolute Gasteiger partial charge is 0.354 e. The van der Waals surface area contributed by atoms with Crippen LogP contribution in [-0.4, -0.2) is 33.5 Å². The summed E-state index contributed by atoms with van der Waals surface area (Å²) in [6.45, 7) is 0.627. The van der Waals surface area contributed by atoms with Gasteiger partial charge in [-0.2, -0.15) is 8.42 Å². The van der Waals surface area contributed by atoms with Gasteiger partial charge in [0.05, 0.1) is 17.9 Å². The number of anilines is 2. The predicted octanol–water partition coefficient (Wildman–Crippen LogP) is 2.03. The molecule has 0 bridgehead atoms. The molecule has 1 aliphatic heterocycles. The molecule has 2 aliphatic carbocycles. The highest BCUT2D eigenvalue weighted by atomic mass is 32.2. The van der Waals surface area contributed by atoms with E-state index in [0.29, 0.717) is 6.54 Å². The maximum absolute atomic E-state index is 12.9. The molecular weight excluding hydrogens is 326 g/mol. The molecule has 0 radical (unpaired) electrons. The highest BCUT2D eigenvalue weighted by molar-refractivity contribution is 7.94. The molecule has 4 rings (SSSR count). The lowest BCUT2D eigenvalue weighted by Crippen LogP contribution is -2.43. The number of amides is 1. The van der Waals surface area contributed by atoms with Crippen LogP contribution in [0, 0.1) is 5.92 Å². The van der Waals surface area contributed by atoms with Crippen molar-refractivity contribution in [1.29, 1.82) is 0 Å². The van der Waals surface area contributed by atoms with E-state index < -0.39 is 10.2 Å². The first-order valence-electron chi connectivity index (χ1n) is 8.78. The third-order valence-corrected chi connectivity index (χ3v) is 7.06. The third kappa shape index (κ3) is 2.64. The lowest BCUT2D eigenvalue weighted by atomic mass is 10.1. The van der Waals surface area contributed by atoms with Gasteiger partial charge in [-0.1, -0.05) is 25.0 Å². The summed E-state index contributed by atoms with van der Waals surface area (Å²) >= 11 is 0. The summed E-state index contributed by atoms with van der Waals surface area (Å²) in [6.07, 6.45) is 5.96. The zero-order valence-electron chi connectivity index (χ0n) is 13.6. The first-order valence-corrected chi connectivity index (χ1v) is 10.2. The molecule has 3 aliphatic rings. The Morgan fingerprint density at radius 2 is 1.75 bits per heavy atom. The molecule has 24 heavy (non-hydrogen) atoms. The topological polar surface area (TPSA) is 69.7 Å². The van der Waals surface area contributed by atoms with Gasteiger partial charge in [0.25, 0.3) is 0 Å².